The van der Waals surface area contributed by atoms with Gasteiger partial charge in [-0.05, 0) is 6.07 Å². The second kappa shape index (κ2) is 4.59. The van der Waals surface area contributed by atoms with Crippen molar-refractivity contribution >= 4 is 29.2 Å². The molecule has 0 saturated heterocycles. The van der Waals surface area contributed by atoms with E-state index in [1.807, 2.05) is 0 Å². The molecule has 0 radical (unpaired) electrons. The van der Waals surface area contributed by atoms with E-state index in [0.29, 0.717) is 5.56 Å². The smallest absolute Gasteiger partial charge is 0.305 e. The van der Waals surface area contributed by atoms with Crippen LogP contribution in [0.15, 0.2) is 12.1 Å². The summed E-state index contributed by atoms with van der Waals surface area (Å²) in [7, 11) is 0. The largest absolute Gasteiger partial charge is 0.481 e. The molecular weight excluding hydrogens is 227 g/mol. The first kappa shape index (κ1) is 11.2. The molecule has 1 aromatic heterocycles. The van der Waals surface area contributed by atoms with E-state index >= 15 is 0 Å². The summed E-state index contributed by atoms with van der Waals surface area (Å²) in [5.74, 6) is -0.983. The van der Waals surface area contributed by atoms with E-state index in [9.17, 15) is 4.79 Å². The second-order valence-corrected chi connectivity index (χ2v) is 3.46. The molecule has 0 aliphatic rings. The highest BCUT2D eigenvalue weighted by atomic mass is 35.5. The fourth-order valence-electron chi connectivity index (χ4n) is 0.998. The number of hydrogen-bond acceptors (Lipinski definition) is 3. The maximum Gasteiger partial charge on any atom is 0.305 e. The zero-order valence-corrected chi connectivity index (χ0v) is 8.59. The van der Waals surface area contributed by atoms with Crippen LogP contribution >= 0.6 is 23.2 Å². The van der Waals surface area contributed by atoms with Gasteiger partial charge in [-0.25, -0.2) is 4.98 Å². The standard InChI is InChI=1S/C8H8Cl2N2O2/c9-6-2-1-4(8(10)12-6)5(11)3-7(13)14/h1-2,5H,3,11H2,(H,13,14)/t5-/m1/s1. The summed E-state index contributed by atoms with van der Waals surface area (Å²) in [6, 6.07) is 2.43. The van der Waals surface area contributed by atoms with Gasteiger partial charge in [0, 0.05) is 11.6 Å². The molecule has 3 N–H and O–H groups in total. The zero-order chi connectivity index (χ0) is 10.7. The molecule has 4 nitrogen and oxygen atoms in total. The van der Waals surface area contributed by atoms with Crippen molar-refractivity contribution in [3.05, 3.63) is 28.0 Å². The Morgan fingerprint density at radius 1 is 1.57 bits per heavy atom. The van der Waals surface area contributed by atoms with Crippen molar-refractivity contribution in [1.29, 1.82) is 0 Å². The molecule has 1 aromatic rings. The highest BCUT2D eigenvalue weighted by Crippen LogP contribution is 2.23. The van der Waals surface area contributed by atoms with Crippen molar-refractivity contribution in [1.82, 2.24) is 4.98 Å². The molecule has 76 valence electrons. The molecular formula is C8H8Cl2N2O2. The van der Waals surface area contributed by atoms with Gasteiger partial charge in [0.2, 0.25) is 0 Å². The number of pyridine rings is 1. The van der Waals surface area contributed by atoms with Gasteiger partial charge in [-0.1, -0.05) is 29.3 Å². The number of carboxylic acids is 1. The predicted octanol–water partition coefficient (Wildman–Crippen LogP) is 1.86. The third-order valence-electron chi connectivity index (χ3n) is 1.64. The lowest BCUT2D eigenvalue weighted by atomic mass is 10.1. The Hall–Kier alpha value is -0.840. The Labute approximate surface area is 90.6 Å². The average molecular weight is 235 g/mol. The van der Waals surface area contributed by atoms with Crippen LogP contribution in [0.5, 0.6) is 0 Å². The normalized spacial score (nSPS) is 12.5. The lowest BCUT2D eigenvalue weighted by Crippen LogP contribution is -2.15. The molecule has 0 aliphatic heterocycles. The molecule has 1 heterocycles. The number of carbonyl (C=O) groups is 1. The van der Waals surface area contributed by atoms with E-state index < -0.39 is 12.0 Å². The van der Waals surface area contributed by atoms with E-state index in [-0.39, 0.29) is 16.7 Å². The van der Waals surface area contributed by atoms with Crippen LogP contribution in [0, 0.1) is 0 Å². The molecule has 0 aliphatic carbocycles. The van der Waals surface area contributed by atoms with Gasteiger partial charge in [0.25, 0.3) is 0 Å². The first-order chi connectivity index (χ1) is 6.50. The van der Waals surface area contributed by atoms with Crippen LogP contribution in [0.1, 0.15) is 18.0 Å². The number of nitrogens with zero attached hydrogens (tertiary/aromatic N) is 1. The van der Waals surface area contributed by atoms with Crippen molar-refractivity contribution < 1.29 is 9.90 Å². The molecule has 0 aromatic carbocycles. The molecule has 6 heteroatoms. The maximum atomic E-state index is 10.4. The van der Waals surface area contributed by atoms with Crippen molar-refractivity contribution in [2.75, 3.05) is 0 Å². The van der Waals surface area contributed by atoms with Crippen LogP contribution in [0.2, 0.25) is 10.3 Å². The Bertz CT molecular complexity index is 357. The van der Waals surface area contributed by atoms with Crippen molar-refractivity contribution in [3.63, 3.8) is 0 Å². The third kappa shape index (κ3) is 2.83. The van der Waals surface area contributed by atoms with Gasteiger partial charge in [-0.15, -0.1) is 0 Å². The van der Waals surface area contributed by atoms with Gasteiger partial charge < -0.3 is 10.8 Å². The molecule has 0 bridgehead atoms. The number of carboxylic acid groups (broad SMARTS) is 1. The third-order valence-corrected chi connectivity index (χ3v) is 2.15. The van der Waals surface area contributed by atoms with Crippen molar-refractivity contribution in [2.24, 2.45) is 5.73 Å². The van der Waals surface area contributed by atoms with Crippen molar-refractivity contribution in [2.45, 2.75) is 12.5 Å². The van der Waals surface area contributed by atoms with Crippen LogP contribution in [0.3, 0.4) is 0 Å². The summed E-state index contributed by atoms with van der Waals surface area (Å²) >= 11 is 11.3. The van der Waals surface area contributed by atoms with Crippen LogP contribution in [0.4, 0.5) is 0 Å². The average Bonchev–Trinajstić information content (AvgIpc) is 2.01. The van der Waals surface area contributed by atoms with Gasteiger partial charge in [0.15, 0.2) is 0 Å². The SMILES string of the molecule is N[C@H](CC(=O)O)c1ccc(Cl)nc1Cl. The van der Waals surface area contributed by atoms with Crippen LogP contribution in [-0.2, 0) is 4.79 Å². The predicted molar refractivity (Wildman–Crippen MR) is 53.4 cm³/mol. The molecule has 0 saturated carbocycles. The minimum absolute atomic E-state index is 0.145. The van der Waals surface area contributed by atoms with Gasteiger partial charge in [-0.2, -0.15) is 0 Å². The van der Waals surface area contributed by atoms with E-state index in [0.717, 1.165) is 0 Å². The number of aliphatic carboxylic acids is 1. The van der Waals surface area contributed by atoms with E-state index in [1.165, 1.54) is 6.07 Å². The van der Waals surface area contributed by atoms with Crippen LogP contribution in [0.25, 0.3) is 0 Å². The highest BCUT2D eigenvalue weighted by molar-refractivity contribution is 6.32. The van der Waals surface area contributed by atoms with E-state index in [4.69, 9.17) is 34.0 Å². The minimum atomic E-state index is -0.983. The number of hydrogen-bond donors (Lipinski definition) is 2. The van der Waals surface area contributed by atoms with Gasteiger partial charge in [0.05, 0.1) is 6.42 Å². The molecule has 1 rings (SSSR count). The van der Waals surface area contributed by atoms with Gasteiger partial charge in [-0.3, -0.25) is 4.79 Å². The summed E-state index contributed by atoms with van der Waals surface area (Å²) in [5.41, 5.74) is 6.08. The molecule has 0 amide bonds. The summed E-state index contributed by atoms with van der Waals surface area (Å²) in [6.07, 6.45) is -0.191. The molecule has 14 heavy (non-hydrogen) atoms. The summed E-state index contributed by atoms with van der Waals surface area (Å²) < 4.78 is 0. The monoisotopic (exact) mass is 234 g/mol. The summed E-state index contributed by atoms with van der Waals surface area (Å²) in [5, 5.41) is 8.92. The number of aromatic nitrogens is 1. The van der Waals surface area contributed by atoms with Crippen LogP contribution < -0.4 is 5.73 Å². The first-order valence-corrected chi connectivity index (χ1v) is 4.55. The summed E-state index contributed by atoms with van der Waals surface area (Å²) in [4.78, 5) is 14.2. The Balaban J connectivity index is 2.90. The maximum absolute atomic E-state index is 10.4. The second-order valence-electron chi connectivity index (χ2n) is 2.72. The lowest BCUT2D eigenvalue weighted by molar-refractivity contribution is -0.137. The first-order valence-electron chi connectivity index (χ1n) is 3.80. The van der Waals surface area contributed by atoms with E-state index in [1.54, 1.807) is 6.07 Å². The van der Waals surface area contributed by atoms with Gasteiger partial charge in [0.1, 0.15) is 10.3 Å². The lowest BCUT2D eigenvalue weighted by Gasteiger charge is -2.10. The molecule has 0 fully saturated rings. The Morgan fingerprint density at radius 2 is 2.21 bits per heavy atom. The molecule has 0 spiro atoms. The Morgan fingerprint density at radius 3 is 2.71 bits per heavy atom. The van der Waals surface area contributed by atoms with Gasteiger partial charge >= 0.3 is 5.97 Å². The highest BCUT2D eigenvalue weighted by Gasteiger charge is 2.14. The minimum Gasteiger partial charge on any atom is -0.481 e. The fraction of sp³-hybridized carbons (Fsp3) is 0.250. The van der Waals surface area contributed by atoms with E-state index in [2.05, 4.69) is 4.98 Å². The number of nitrogens with two attached hydrogens (primary N) is 1. The Kier molecular flexibility index (Phi) is 3.69. The summed E-state index contributed by atoms with van der Waals surface area (Å²) in [6.45, 7) is 0. The zero-order valence-electron chi connectivity index (χ0n) is 7.08. The fourth-order valence-corrected chi connectivity index (χ4v) is 1.48. The topological polar surface area (TPSA) is 76.2 Å². The van der Waals surface area contributed by atoms with Crippen molar-refractivity contribution in [3.8, 4) is 0 Å². The molecule has 1 atom stereocenters. The van der Waals surface area contributed by atoms with Crippen LogP contribution in [-0.4, -0.2) is 16.1 Å². The molecule has 0 unspecified atom stereocenters. The quantitative estimate of drug-likeness (QED) is 0.784. The number of halogens is 2. The number of rotatable bonds is 3.